The van der Waals surface area contributed by atoms with Gasteiger partial charge in [0.05, 0.1) is 16.5 Å². The van der Waals surface area contributed by atoms with E-state index < -0.39 is 0 Å². The van der Waals surface area contributed by atoms with Gasteiger partial charge in [0.15, 0.2) is 0 Å². The average molecular weight is 473 g/mol. The van der Waals surface area contributed by atoms with Crippen molar-refractivity contribution in [1.82, 2.24) is 0 Å². The summed E-state index contributed by atoms with van der Waals surface area (Å²) in [5, 5.41) is 1.79. The molecule has 112 valence electrons. The number of rotatable bonds is 4. The van der Waals surface area contributed by atoms with Gasteiger partial charge in [-0.05, 0) is 36.2 Å². The van der Waals surface area contributed by atoms with Gasteiger partial charge in [-0.2, -0.15) is 0 Å². The molecule has 0 fully saturated rings. The molecule has 0 aliphatic heterocycles. The lowest BCUT2D eigenvalue weighted by Gasteiger charge is -2.16. The van der Waals surface area contributed by atoms with E-state index in [1.165, 1.54) is 0 Å². The fourth-order valence-corrected chi connectivity index (χ4v) is 4.50. The van der Waals surface area contributed by atoms with Crippen molar-refractivity contribution in [2.24, 2.45) is 0 Å². The van der Waals surface area contributed by atoms with E-state index in [0.29, 0.717) is 27.4 Å². The maximum atomic E-state index is 6.36. The van der Waals surface area contributed by atoms with Crippen molar-refractivity contribution in [2.75, 3.05) is 6.61 Å². The minimum atomic E-state index is -0.107. The number of hydrogen-bond acceptors (Lipinski definition) is 1. The number of halogens is 5. The number of alkyl halides is 1. The predicted molar refractivity (Wildman–Crippen MR) is 97.6 cm³/mol. The molecule has 0 aromatic heterocycles. The Morgan fingerprint density at radius 1 is 1.05 bits per heavy atom. The molecule has 0 saturated carbocycles. The van der Waals surface area contributed by atoms with Crippen LogP contribution in [0.3, 0.4) is 0 Å². The summed E-state index contributed by atoms with van der Waals surface area (Å²) in [7, 11) is 0. The van der Waals surface area contributed by atoms with Gasteiger partial charge < -0.3 is 4.74 Å². The zero-order valence-electron chi connectivity index (χ0n) is 11.0. The van der Waals surface area contributed by atoms with Crippen LogP contribution >= 0.6 is 66.7 Å². The Morgan fingerprint density at radius 3 is 2.38 bits per heavy atom. The van der Waals surface area contributed by atoms with Gasteiger partial charge in [-0.1, -0.05) is 72.7 Å². The lowest BCUT2D eigenvalue weighted by atomic mass is 10.0. The third-order valence-corrected chi connectivity index (χ3v) is 5.39. The van der Waals surface area contributed by atoms with E-state index >= 15 is 0 Å². The monoisotopic (exact) mass is 470 g/mol. The summed E-state index contributed by atoms with van der Waals surface area (Å²) >= 11 is 25.7. The molecule has 0 radical (unpaired) electrons. The van der Waals surface area contributed by atoms with Gasteiger partial charge in [0.25, 0.3) is 0 Å². The van der Waals surface area contributed by atoms with E-state index in [9.17, 15) is 0 Å². The molecular formula is C15H11Br2Cl3O. The van der Waals surface area contributed by atoms with Crippen LogP contribution in [0.2, 0.25) is 15.1 Å². The Kier molecular flexibility index (Phi) is 6.27. The Hall–Kier alpha value is 0.0700. The van der Waals surface area contributed by atoms with Crippen LogP contribution in [0.4, 0.5) is 0 Å². The molecule has 0 aliphatic carbocycles. The van der Waals surface area contributed by atoms with E-state index in [0.717, 1.165) is 15.6 Å². The van der Waals surface area contributed by atoms with Crippen molar-refractivity contribution in [2.45, 2.75) is 11.8 Å². The standard InChI is InChI=1S/C15H11Br2Cl3O/c1-2-21-14-7-12(19)10(6-13(14)20)15(17)9-4-3-8(18)5-11(9)16/h3-7,15H,2H2,1H3. The third kappa shape index (κ3) is 4.08. The van der Waals surface area contributed by atoms with E-state index in [1.54, 1.807) is 6.07 Å². The number of benzene rings is 2. The maximum Gasteiger partial charge on any atom is 0.139 e. The molecule has 0 spiro atoms. The van der Waals surface area contributed by atoms with E-state index in [2.05, 4.69) is 31.9 Å². The summed E-state index contributed by atoms with van der Waals surface area (Å²) < 4.78 is 6.34. The molecule has 0 aliphatic rings. The van der Waals surface area contributed by atoms with E-state index in [4.69, 9.17) is 39.5 Å². The molecular weight excluding hydrogens is 462 g/mol. The Morgan fingerprint density at radius 2 is 1.76 bits per heavy atom. The first kappa shape index (κ1) is 17.4. The quantitative estimate of drug-likeness (QED) is 0.424. The smallest absolute Gasteiger partial charge is 0.139 e. The first-order valence-electron chi connectivity index (χ1n) is 6.14. The highest BCUT2D eigenvalue weighted by atomic mass is 79.9. The zero-order valence-corrected chi connectivity index (χ0v) is 16.4. The van der Waals surface area contributed by atoms with Gasteiger partial charge in [0, 0.05) is 20.6 Å². The maximum absolute atomic E-state index is 6.36. The second-order valence-electron chi connectivity index (χ2n) is 4.27. The van der Waals surface area contributed by atoms with Crippen LogP contribution in [0, 0.1) is 0 Å². The van der Waals surface area contributed by atoms with Gasteiger partial charge in [0.1, 0.15) is 5.75 Å². The molecule has 0 N–H and O–H groups in total. The van der Waals surface area contributed by atoms with Crippen molar-refractivity contribution >= 4 is 66.7 Å². The fourth-order valence-electron chi connectivity index (χ4n) is 1.88. The van der Waals surface area contributed by atoms with Crippen molar-refractivity contribution in [1.29, 1.82) is 0 Å². The largest absolute Gasteiger partial charge is 0.492 e. The minimum absolute atomic E-state index is 0.107. The van der Waals surface area contributed by atoms with Crippen LogP contribution < -0.4 is 4.74 Å². The van der Waals surface area contributed by atoms with Crippen molar-refractivity contribution in [3.05, 3.63) is 61.0 Å². The molecule has 2 aromatic rings. The molecule has 1 atom stereocenters. The van der Waals surface area contributed by atoms with Crippen LogP contribution in [0.25, 0.3) is 0 Å². The molecule has 0 amide bonds. The lowest BCUT2D eigenvalue weighted by molar-refractivity contribution is 0.340. The summed E-state index contributed by atoms with van der Waals surface area (Å²) in [4.78, 5) is -0.107. The third-order valence-electron chi connectivity index (χ3n) is 2.86. The van der Waals surface area contributed by atoms with Crippen LogP contribution in [0.1, 0.15) is 22.9 Å². The summed E-state index contributed by atoms with van der Waals surface area (Å²) in [6.07, 6.45) is 0. The molecule has 0 bridgehead atoms. The SMILES string of the molecule is CCOc1cc(Cl)c(C(Br)c2ccc(Cl)cc2Br)cc1Cl. The normalized spacial score (nSPS) is 12.3. The Balaban J connectivity index is 2.43. The fraction of sp³-hybridized carbons (Fsp3) is 0.200. The van der Waals surface area contributed by atoms with Crippen LogP contribution in [0.15, 0.2) is 34.8 Å². The first-order chi connectivity index (χ1) is 9.93. The van der Waals surface area contributed by atoms with Gasteiger partial charge in [-0.15, -0.1) is 0 Å². The van der Waals surface area contributed by atoms with Crippen LogP contribution in [0.5, 0.6) is 5.75 Å². The van der Waals surface area contributed by atoms with E-state index in [1.807, 2.05) is 31.2 Å². The molecule has 2 rings (SSSR count). The van der Waals surface area contributed by atoms with Gasteiger partial charge in [-0.3, -0.25) is 0 Å². The minimum Gasteiger partial charge on any atom is -0.492 e. The summed E-state index contributed by atoms with van der Waals surface area (Å²) in [5.41, 5.74) is 1.88. The Bertz CT molecular complexity index is 662. The molecule has 0 saturated heterocycles. The highest BCUT2D eigenvalue weighted by molar-refractivity contribution is 9.11. The predicted octanol–water partition coefficient (Wildman–Crippen LogP) is 7.29. The molecule has 1 nitrogen and oxygen atoms in total. The van der Waals surface area contributed by atoms with Crippen LogP contribution in [-0.4, -0.2) is 6.61 Å². The zero-order chi connectivity index (χ0) is 15.6. The number of hydrogen-bond donors (Lipinski definition) is 0. The highest BCUT2D eigenvalue weighted by Crippen LogP contribution is 2.42. The van der Waals surface area contributed by atoms with Crippen molar-refractivity contribution < 1.29 is 4.74 Å². The topological polar surface area (TPSA) is 9.23 Å². The van der Waals surface area contributed by atoms with Crippen molar-refractivity contribution in [3.63, 3.8) is 0 Å². The molecule has 1 unspecified atom stereocenters. The van der Waals surface area contributed by atoms with Gasteiger partial charge in [0.2, 0.25) is 0 Å². The van der Waals surface area contributed by atoms with Crippen LogP contribution in [-0.2, 0) is 0 Å². The number of ether oxygens (including phenoxy) is 1. The summed E-state index contributed by atoms with van der Waals surface area (Å²) in [6, 6.07) is 9.16. The Labute approximate surface area is 155 Å². The lowest BCUT2D eigenvalue weighted by Crippen LogP contribution is -1.98. The van der Waals surface area contributed by atoms with Gasteiger partial charge in [-0.25, -0.2) is 0 Å². The second kappa shape index (κ2) is 7.56. The summed E-state index contributed by atoms with van der Waals surface area (Å²) in [6.45, 7) is 2.44. The van der Waals surface area contributed by atoms with E-state index in [-0.39, 0.29) is 4.83 Å². The first-order valence-corrected chi connectivity index (χ1v) is 8.99. The molecule has 0 heterocycles. The average Bonchev–Trinajstić information content (AvgIpc) is 2.42. The molecule has 6 heteroatoms. The van der Waals surface area contributed by atoms with Crippen molar-refractivity contribution in [3.8, 4) is 5.75 Å². The highest BCUT2D eigenvalue weighted by Gasteiger charge is 2.19. The summed E-state index contributed by atoms with van der Waals surface area (Å²) in [5.74, 6) is 0.586. The molecule has 21 heavy (non-hydrogen) atoms. The van der Waals surface area contributed by atoms with Gasteiger partial charge >= 0.3 is 0 Å². The second-order valence-corrected chi connectivity index (χ2v) is 7.29. The molecule has 2 aromatic carbocycles.